The normalized spacial score (nSPS) is 14.9. The zero-order chi connectivity index (χ0) is 11.4. The second kappa shape index (κ2) is 5.41. The molecule has 1 aromatic rings. The van der Waals surface area contributed by atoms with Gasteiger partial charge >= 0.3 is 0 Å². The van der Waals surface area contributed by atoms with Crippen molar-refractivity contribution < 1.29 is 15.3 Å². The molecule has 4 N–H and O–H groups in total. The first-order valence-corrected chi connectivity index (χ1v) is 5.20. The van der Waals surface area contributed by atoms with Crippen molar-refractivity contribution in [3.8, 4) is 0 Å². The average Bonchev–Trinajstić information content (AvgIpc) is 2.21. The lowest BCUT2D eigenvalue weighted by Gasteiger charge is -2.16. The lowest BCUT2D eigenvalue weighted by atomic mass is 10.0. The maximum absolute atomic E-state index is 11.3. The quantitative estimate of drug-likeness (QED) is 0.619. The van der Waals surface area contributed by atoms with Gasteiger partial charge in [-0.05, 0) is 28.4 Å². The minimum absolute atomic E-state index is 0.0210. The SMILES string of the molecule is O=c1[nH]cc(Br)cc1C(O)C(O)CCO. The molecule has 0 aliphatic rings. The Kier molecular flexibility index (Phi) is 4.46. The number of aromatic amines is 1. The Morgan fingerprint density at radius 3 is 2.73 bits per heavy atom. The molecule has 0 aliphatic carbocycles. The van der Waals surface area contributed by atoms with Crippen molar-refractivity contribution in [2.75, 3.05) is 6.61 Å². The van der Waals surface area contributed by atoms with Crippen LogP contribution in [0, 0.1) is 0 Å². The third kappa shape index (κ3) is 3.13. The highest BCUT2D eigenvalue weighted by Gasteiger charge is 2.20. The zero-order valence-electron chi connectivity index (χ0n) is 7.85. The largest absolute Gasteiger partial charge is 0.396 e. The Labute approximate surface area is 94.5 Å². The molecule has 1 rings (SSSR count). The summed E-state index contributed by atoms with van der Waals surface area (Å²) in [5.41, 5.74) is -0.381. The Bertz CT molecular complexity index is 379. The first kappa shape index (κ1) is 12.4. The van der Waals surface area contributed by atoms with E-state index in [1.807, 2.05) is 0 Å². The molecule has 0 aliphatic heterocycles. The van der Waals surface area contributed by atoms with E-state index >= 15 is 0 Å². The van der Waals surface area contributed by atoms with Gasteiger partial charge < -0.3 is 20.3 Å². The molecule has 0 fully saturated rings. The van der Waals surface area contributed by atoms with Crippen molar-refractivity contribution in [3.05, 3.63) is 32.7 Å². The van der Waals surface area contributed by atoms with Crippen molar-refractivity contribution in [2.24, 2.45) is 0 Å². The summed E-state index contributed by atoms with van der Waals surface area (Å²) in [6, 6.07) is 1.43. The van der Waals surface area contributed by atoms with Gasteiger partial charge in [-0.25, -0.2) is 0 Å². The molecule has 15 heavy (non-hydrogen) atoms. The lowest BCUT2D eigenvalue weighted by Crippen LogP contribution is -2.25. The molecule has 5 nitrogen and oxygen atoms in total. The topological polar surface area (TPSA) is 93.6 Å². The first-order valence-electron chi connectivity index (χ1n) is 4.41. The minimum atomic E-state index is -1.29. The molecule has 0 saturated heterocycles. The molecule has 0 amide bonds. The Morgan fingerprint density at radius 2 is 2.13 bits per heavy atom. The summed E-state index contributed by atoms with van der Waals surface area (Å²) < 4.78 is 0.604. The standard InChI is InChI=1S/C9H12BrNO4/c10-5-3-6(9(15)11-4-5)8(14)7(13)1-2-12/h3-4,7-8,12-14H,1-2H2,(H,11,15). The first-order chi connectivity index (χ1) is 7.06. The van der Waals surface area contributed by atoms with Gasteiger partial charge in [-0.15, -0.1) is 0 Å². The monoisotopic (exact) mass is 277 g/mol. The molecule has 0 aromatic carbocycles. The van der Waals surface area contributed by atoms with E-state index in [0.717, 1.165) is 0 Å². The van der Waals surface area contributed by atoms with Crippen molar-refractivity contribution in [1.29, 1.82) is 0 Å². The summed E-state index contributed by atoms with van der Waals surface area (Å²) in [4.78, 5) is 13.7. The second-order valence-corrected chi connectivity index (χ2v) is 4.04. The van der Waals surface area contributed by atoms with Gasteiger partial charge in [0, 0.05) is 22.8 Å². The van der Waals surface area contributed by atoms with Crippen molar-refractivity contribution in [2.45, 2.75) is 18.6 Å². The highest BCUT2D eigenvalue weighted by molar-refractivity contribution is 9.10. The summed E-state index contributed by atoms with van der Waals surface area (Å²) >= 11 is 3.14. The number of H-pyrrole nitrogens is 1. The van der Waals surface area contributed by atoms with E-state index in [-0.39, 0.29) is 18.6 Å². The Morgan fingerprint density at radius 1 is 1.47 bits per heavy atom. The molecule has 0 radical (unpaired) electrons. The molecular weight excluding hydrogens is 266 g/mol. The molecular formula is C9H12BrNO4. The molecule has 1 heterocycles. The van der Waals surface area contributed by atoms with E-state index in [0.29, 0.717) is 4.47 Å². The van der Waals surface area contributed by atoms with Crippen LogP contribution in [-0.2, 0) is 0 Å². The smallest absolute Gasteiger partial charge is 0.253 e. The summed E-state index contributed by atoms with van der Waals surface area (Å²) in [6.45, 7) is -0.246. The van der Waals surface area contributed by atoms with Gasteiger partial charge in [0.25, 0.3) is 5.56 Å². The van der Waals surface area contributed by atoms with Gasteiger partial charge in [0.2, 0.25) is 0 Å². The fourth-order valence-corrected chi connectivity index (χ4v) is 1.55. The number of hydrogen-bond donors (Lipinski definition) is 4. The molecule has 1 aromatic heterocycles. The molecule has 2 unspecified atom stereocenters. The van der Waals surface area contributed by atoms with Crippen LogP contribution in [0.2, 0.25) is 0 Å². The number of rotatable bonds is 4. The van der Waals surface area contributed by atoms with E-state index in [4.69, 9.17) is 5.11 Å². The number of aliphatic hydroxyl groups excluding tert-OH is 3. The Hall–Kier alpha value is -0.690. The van der Waals surface area contributed by atoms with Crippen molar-refractivity contribution in [1.82, 2.24) is 4.98 Å². The highest BCUT2D eigenvalue weighted by Crippen LogP contribution is 2.18. The van der Waals surface area contributed by atoms with Crippen LogP contribution >= 0.6 is 15.9 Å². The van der Waals surface area contributed by atoms with E-state index in [2.05, 4.69) is 20.9 Å². The molecule has 2 atom stereocenters. The third-order valence-corrected chi connectivity index (χ3v) is 2.46. The summed E-state index contributed by atoms with van der Waals surface area (Å²) in [7, 11) is 0. The number of nitrogens with one attached hydrogen (secondary N) is 1. The average molecular weight is 278 g/mol. The molecule has 0 spiro atoms. The van der Waals surface area contributed by atoms with E-state index in [9.17, 15) is 15.0 Å². The lowest BCUT2D eigenvalue weighted by molar-refractivity contribution is 0.00343. The van der Waals surface area contributed by atoms with Gasteiger partial charge in [0.15, 0.2) is 0 Å². The zero-order valence-corrected chi connectivity index (χ0v) is 9.44. The number of pyridine rings is 1. The summed E-state index contributed by atoms with van der Waals surface area (Å²) in [5, 5.41) is 27.6. The second-order valence-electron chi connectivity index (χ2n) is 3.13. The third-order valence-electron chi connectivity index (χ3n) is 2.00. The van der Waals surface area contributed by atoms with Crippen LogP contribution in [0.15, 0.2) is 21.5 Å². The number of halogens is 1. The van der Waals surface area contributed by atoms with Crippen LogP contribution < -0.4 is 5.56 Å². The number of aromatic nitrogens is 1. The predicted octanol–water partition coefficient (Wildman–Crippen LogP) is -0.0859. The molecule has 0 saturated carbocycles. The van der Waals surface area contributed by atoms with Crippen LogP contribution in [0.3, 0.4) is 0 Å². The van der Waals surface area contributed by atoms with Crippen LogP contribution in [-0.4, -0.2) is 33.0 Å². The fraction of sp³-hybridized carbons (Fsp3) is 0.444. The minimum Gasteiger partial charge on any atom is -0.396 e. The fourth-order valence-electron chi connectivity index (χ4n) is 1.19. The molecule has 0 bridgehead atoms. The van der Waals surface area contributed by atoms with Gasteiger partial charge in [-0.2, -0.15) is 0 Å². The Balaban J connectivity index is 2.94. The van der Waals surface area contributed by atoms with Gasteiger partial charge in [0.1, 0.15) is 6.10 Å². The number of hydrogen-bond acceptors (Lipinski definition) is 4. The van der Waals surface area contributed by atoms with Crippen LogP contribution in [0.25, 0.3) is 0 Å². The van der Waals surface area contributed by atoms with Crippen molar-refractivity contribution in [3.63, 3.8) is 0 Å². The maximum Gasteiger partial charge on any atom is 0.253 e. The van der Waals surface area contributed by atoms with Gasteiger partial charge in [-0.3, -0.25) is 4.79 Å². The van der Waals surface area contributed by atoms with Crippen LogP contribution in [0.4, 0.5) is 0 Å². The summed E-state index contributed by atoms with van der Waals surface area (Å²) in [6.07, 6.45) is -0.979. The van der Waals surface area contributed by atoms with Gasteiger partial charge in [-0.1, -0.05) is 0 Å². The van der Waals surface area contributed by atoms with Crippen molar-refractivity contribution >= 4 is 15.9 Å². The van der Waals surface area contributed by atoms with E-state index in [1.54, 1.807) is 0 Å². The molecule has 6 heteroatoms. The maximum atomic E-state index is 11.3. The van der Waals surface area contributed by atoms with Crippen LogP contribution in [0.5, 0.6) is 0 Å². The van der Waals surface area contributed by atoms with E-state index < -0.39 is 17.8 Å². The summed E-state index contributed by atoms with van der Waals surface area (Å²) in [5.74, 6) is 0. The number of aliphatic hydroxyl groups is 3. The predicted molar refractivity (Wildman–Crippen MR) is 57.4 cm³/mol. The van der Waals surface area contributed by atoms with E-state index in [1.165, 1.54) is 12.3 Å². The molecule has 84 valence electrons. The highest BCUT2D eigenvalue weighted by atomic mass is 79.9. The van der Waals surface area contributed by atoms with Crippen LogP contribution in [0.1, 0.15) is 18.1 Å². The van der Waals surface area contributed by atoms with Gasteiger partial charge in [0.05, 0.1) is 6.10 Å².